The van der Waals surface area contributed by atoms with Crippen LogP contribution in [0.2, 0.25) is 0 Å². The molecule has 152 valence electrons. The number of carbonyl (C=O) groups is 1. The molecule has 1 aliphatic carbocycles. The molecule has 0 unspecified atom stereocenters. The van der Waals surface area contributed by atoms with Crippen molar-refractivity contribution in [3.8, 4) is 29.0 Å². The van der Waals surface area contributed by atoms with Gasteiger partial charge in [-0.05, 0) is 52.9 Å². The van der Waals surface area contributed by atoms with Crippen molar-refractivity contribution >= 4 is 6.09 Å². The topological polar surface area (TPSA) is 62.1 Å². The lowest BCUT2D eigenvalue weighted by molar-refractivity contribution is 0.143. The Labute approximate surface area is 182 Å². The van der Waals surface area contributed by atoms with Crippen molar-refractivity contribution in [1.82, 2.24) is 5.32 Å². The number of hydrogen-bond donors (Lipinski definition) is 1. The number of benzene rings is 3. The fourth-order valence-corrected chi connectivity index (χ4v) is 3.91. The molecule has 0 radical (unpaired) electrons. The standard InChI is InChI=1S/C27H22N2O2/c1-19-16-20(17-28)13-14-21(19)8-6-7-15-29-27(30)31-18-26-24-11-4-2-9-22(24)23-10-3-5-12-25(23)26/h2-5,9-14,16,26H,7,15,18H2,1H3,(H,29,30). The normalized spacial score (nSPS) is 11.5. The molecule has 31 heavy (non-hydrogen) atoms. The predicted molar refractivity (Wildman–Crippen MR) is 120 cm³/mol. The van der Waals surface area contributed by atoms with Crippen molar-refractivity contribution < 1.29 is 9.53 Å². The van der Waals surface area contributed by atoms with Gasteiger partial charge in [0.2, 0.25) is 0 Å². The van der Waals surface area contributed by atoms with Gasteiger partial charge in [-0.3, -0.25) is 0 Å². The van der Waals surface area contributed by atoms with Crippen LogP contribution in [-0.4, -0.2) is 19.2 Å². The molecule has 1 N–H and O–H groups in total. The van der Waals surface area contributed by atoms with Crippen LogP contribution in [0.1, 0.15) is 40.2 Å². The maximum atomic E-state index is 12.2. The average molecular weight is 406 g/mol. The molecule has 0 fully saturated rings. The van der Waals surface area contributed by atoms with E-state index in [1.807, 2.05) is 43.3 Å². The van der Waals surface area contributed by atoms with Crippen molar-refractivity contribution in [2.45, 2.75) is 19.3 Å². The van der Waals surface area contributed by atoms with Crippen LogP contribution in [0.25, 0.3) is 11.1 Å². The van der Waals surface area contributed by atoms with Crippen molar-refractivity contribution in [3.63, 3.8) is 0 Å². The van der Waals surface area contributed by atoms with E-state index in [2.05, 4.69) is 47.5 Å². The van der Waals surface area contributed by atoms with Crippen molar-refractivity contribution in [3.05, 3.63) is 94.5 Å². The smallest absolute Gasteiger partial charge is 0.407 e. The SMILES string of the molecule is Cc1cc(C#N)ccc1C#CCCNC(=O)OCC1c2ccccc2-c2ccccc21. The van der Waals surface area contributed by atoms with Crippen molar-refractivity contribution in [2.24, 2.45) is 0 Å². The van der Waals surface area contributed by atoms with E-state index in [-0.39, 0.29) is 5.92 Å². The quantitative estimate of drug-likeness (QED) is 0.482. The molecule has 1 amide bonds. The summed E-state index contributed by atoms with van der Waals surface area (Å²) in [5.74, 6) is 6.19. The number of hydrogen-bond acceptors (Lipinski definition) is 3. The van der Waals surface area contributed by atoms with Crippen LogP contribution in [-0.2, 0) is 4.74 Å². The molecule has 3 aromatic carbocycles. The number of ether oxygens (including phenoxy) is 1. The molecule has 0 aliphatic heterocycles. The zero-order valence-corrected chi connectivity index (χ0v) is 17.3. The Morgan fingerprint density at radius 3 is 2.35 bits per heavy atom. The highest BCUT2D eigenvalue weighted by Gasteiger charge is 2.28. The fraction of sp³-hybridized carbons (Fsp3) is 0.185. The molecule has 4 nitrogen and oxygen atoms in total. The van der Waals surface area contributed by atoms with Crippen LogP contribution in [0.5, 0.6) is 0 Å². The molecular weight excluding hydrogens is 384 g/mol. The molecule has 4 rings (SSSR count). The first-order chi connectivity index (χ1) is 15.2. The number of aryl methyl sites for hydroxylation is 1. The molecule has 3 aromatic rings. The zero-order valence-electron chi connectivity index (χ0n) is 17.3. The number of alkyl carbamates (subject to hydrolysis) is 1. The Balaban J connectivity index is 1.29. The molecule has 0 aromatic heterocycles. The first-order valence-corrected chi connectivity index (χ1v) is 10.3. The van der Waals surface area contributed by atoms with Crippen molar-refractivity contribution in [1.29, 1.82) is 5.26 Å². The summed E-state index contributed by atoms with van der Waals surface area (Å²) in [4.78, 5) is 12.2. The Morgan fingerprint density at radius 2 is 1.71 bits per heavy atom. The van der Waals surface area contributed by atoms with Gasteiger partial charge in [0.15, 0.2) is 0 Å². The monoisotopic (exact) mass is 406 g/mol. The minimum atomic E-state index is -0.432. The Bertz CT molecular complexity index is 1180. The highest BCUT2D eigenvalue weighted by molar-refractivity contribution is 5.79. The van der Waals surface area contributed by atoms with E-state index in [4.69, 9.17) is 10.00 Å². The first-order valence-electron chi connectivity index (χ1n) is 10.3. The van der Waals surface area contributed by atoms with E-state index in [0.29, 0.717) is 25.1 Å². The fourth-order valence-electron chi connectivity index (χ4n) is 3.91. The van der Waals surface area contributed by atoms with Crippen LogP contribution in [0, 0.1) is 30.1 Å². The molecular formula is C27H22N2O2. The number of rotatable bonds is 4. The molecule has 0 saturated heterocycles. The maximum Gasteiger partial charge on any atom is 0.407 e. The summed E-state index contributed by atoms with van der Waals surface area (Å²) in [7, 11) is 0. The molecule has 0 bridgehead atoms. The molecule has 0 heterocycles. The van der Waals surface area contributed by atoms with Gasteiger partial charge in [0.1, 0.15) is 6.61 Å². The predicted octanol–water partition coefficient (Wildman–Crippen LogP) is 5.15. The summed E-state index contributed by atoms with van der Waals surface area (Å²) in [6.07, 6.45) is 0.0853. The van der Waals surface area contributed by atoms with Gasteiger partial charge in [-0.25, -0.2) is 4.79 Å². The second-order valence-corrected chi connectivity index (χ2v) is 7.45. The second kappa shape index (κ2) is 9.20. The van der Waals surface area contributed by atoms with Crippen LogP contribution >= 0.6 is 0 Å². The van der Waals surface area contributed by atoms with Gasteiger partial charge in [0.25, 0.3) is 0 Å². The minimum absolute atomic E-state index is 0.0531. The van der Waals surface area contributed by atoms with E-state index in [1.54, 1.807) is 6.07 Å². The molecule has 0 saturated carbocycles. The highest BCUT2D eigenvalue weighted by Crippen LogP contribution is 2.44. The third kappa shape index (κ3) is 4.44. The van der Waals surface area contributed by atoms with Gasteiger partial charge in [-0.2, -0.15) is 5.26 Å². The summed E-state index contributed by atoms with van der Waals surface area (Å²) < 4.78 is 5.52. The summed E-state index contributed by atoms with van der Waals surface area (Å²) in [5.41, 5.74) is 7.29. The highest BCUT2D eigenvalue weighted by atomic mass is 16.5. The number of nitrogens with one attached hydrogen (secondary N) is 1. The summed E-state index contributed by atoms with van der Waals surface area (Å²) in [5, 5.41) is 11.7. The van der Waals surface area contributed by atoms with E-state index in [9.17, 15) is 4.79 Å². The molecule has 4 heteroatoms. The third-order valence-electron chi connectivity index (χ3n) is 5.44. The Hall–Kier alpha value is -4.02. The number of nitriles is 1. The van der Waals surface area contributed by atoms with E-state index in [0.717, 1.165) is 11.1 Å². The molecule has 0 spiro atoms. The second-order valence-electron chi connectivity index (χ2n) is 7.45. The minimum Gasteiger partial charge on any atom is -0.449 e. The van der Waals surface area contributed by atoms with Crippen LogP contribution in [0.3, 0.4) is 0 Å². The molecule has 1 aliphatic rings. The van der Waals surface area contributed by atoms with Gasteiger partial charge in [-0.15, -0.1) is 0 Å². The molecule has 0 atom stereocenters. The lowest BCUT2D eigenvalue weighted by Crippen LogP contribution is -2.26. The van der Waals surface area contributed by atoms with Gasteiger partial charge < -0.3 is 10.1 Å². The van der Waals surface area contributed by atoms with E-state index >= 15 is 0 Å². The van der Waals surface area contributed by atoms with Crippen LogP contribution in [0.4, 0.5) is 4.79 Å². The lowest BCUT2D eigenvalue weighted by atomic mass is 9.98. The Kier molecular flexibility index (Phi) is 6.01. The maximum absolute atomic E-state index is 12.2. The summed E-state index contributed by atoms with van der Waals surface area (Å²) in [6, 6.07) is 24.1. The number of carbonyl (C=O) groups excluding carboxylic acids is 1. The van der Waals surface area contributed by atoms with Gasteiger partial charge in [0.05, 0.1) is 11.6 Å². The van der Waals surface area contributed by atoms with Crippen molar-refractivity contribution in [2.75, 3.05) is 13.2 Å². The Morgan fingerprint density at radius 1 is 1.03 bits per heavy atom. The number of nitrogens with zero attached hydrogens (tertiary/aromatic N) is 1. The van der Waals surface area contributed by atoms with Gasteiger partial charge >= 0.3 is 6.09 Å². The van der Waals surface area contributed by atoms with Gasteiger partial charge in [-0.1, -0.05) is 60.4 Å². The lowest BCUT2D eigenvalue weighted by Gasteiger charge is -2.14. The number of fused-ring (bicyclic) bond motifs is 3. The van der Waals surface area contributed by atoms with E-state index in [1.165, 1.54) is 22.3 Å². The average Bonchev–Trinajstić information content (AvgIpc) is 3.12. The first kappa shape index (κ1) is 20.3. The zero-order chi connectivity index (χ0) is 21.6. The van der Waals surface area contributed by atoms with E-state index < -0.39 is 6.09 Å². The summed E-state index contributed by atoms with van der Waals surface area (Å²) >= 11 is 0. The van der Waals surface area contributed by atoms with Gasteiger partial charge in [0, 0.05) is 24.4 Å². The number of amides is 1. The van der Waals surface area contributed by atoms with Crippen LogP contribution in [0.15, 0.2) is 66.7 Å². The third-order valence-corrected chi connectivity index (χ3v) is 5.44. The van der Waals surface area contributed by atoms with Crippen LogP contribution < -0.4 is 5.32 Å². The summed E-state index contributed by atoms with van der Waals surface area (Å²) in [6.45, 7) is 2.65. The largest absolute Gasteiger partial charge is 0.449 e.